The number of aliphatic carboxylic acids is 1. The Labute approximate surface area is 110 Å². The van der Waals surface area contributed by atoms with Gasteiger partial charge in [-0.15, -0.1) is 0 Å². The molecule has 0 fully saturated rings. The van der Waals surface area contributed by atoms with Crippen molar-refractivity contribution in [2.75, 3.05) is 13.2 Å². The van der Waals surface area contributed by atoms with E-state index >= 15 is 0 Å². The molecular weight excluding hydrogens is 260 g/mol. The first-order valence-electron chi connectivity index (χ1n) is 5.79. The van der Waals surface area contributed by atoms with Crippen LogP contribution in [0, 0.1) is 5.92 Å². The summed E-state index contributed by atoms with van der Waals surface area (Å²) in [4.78, 5) is 26.4. The van der Waals surface area contributed by atoms with Gasteiger partial charge in [-0.25, -0.2) is 9.59 Å². The molecule has 0 bridgehead atoms. The van der Waals surface area contributed by atoms with E-state index in [1.165, 1.54) is 0 Å². The molecule has 0 aromatic carbocycles. The minimum Gasteiger partial charge on any atom is -0.480 e. The Hall–Kier alpha value is -1.42. The predicted molar refractivity (Wildman–Crippen MR) is 61.3 cm³/mol. The normalized spacial score (nSPS) is 12.5. The zero-order valence-corrected chi connectivity index (χ0v) is 10.9. The predicted octanol–water partition coefficient (Wildman–Crippen LogP) is 0.614. The number of carbonyl (C=O) groups excluding carboxylic acids is 1. The van der Waals surface area contributed by atoms with E-state index in [0.717, 1.165) is 0 Å². The highest BCUT2D eigenvalue weighted by molar-refractivity contribution is 5.79. The van der Waals surface area contributed by atoms with Gasteiger partial charge in [0.1, 0.15) is 6.04 Å². The van der Waals surface area contributed by atoms with Gasteiger partial charge >= 0.3 is 12.1 Å². The lowest BCUT2D eigenvalue weighted by Gasteiger charge is -2.16. The van der Waals surface area contributed by atoms with Crippen LogP contribution in [0.4, 0.5) is 4.79 Å². The van der Waals surface area contributed by atoms with Crippen LogP contribution >= 0.6 is 0 Å². The number of carbonyl (C=O) groups is 2. The maximum absolute atomic E-state index is 11.3. The highest BCUT2D eigenvalue weighted by atomic mass is 17.1. The fraction of sp³-hybridized carbons (Fsp3) is 0.800. The second-order valence-electron chi connectivity index (χ2n) is 4.24. The van der Waals surface area contributed by atoms with Gasteiger partial charge in [-0.3, -0.25) is 15.3 Å². The van der Waals surface area contributed by atoms with E-state index in [4.69, 9.17) is 20.3 Å². The Morgan fingerprint density at radius 1 is 1.26 bits per heavy atom. The van der Waals surface area contributed by atoms with Crippen LogP contribution < -0.4 is 5.32 Å². The van der Waals surface area contributed by atoms with Crippen LogP contribution in [0.1, 0.15) is 26.7 Å². The molecule has 0 aliphatic rings. The summed E-state index contributed by atoms with van der Waals surface area (Å²) in [6, 6.07) is -0.992. The number of hydrogen-bond donors (Lipinski definition) is 4. The van der Waals surface area contributed by atoms with Crippen LogP contribution in [0.15, 0.2) is 0 Å². The Bertz CT molecular complexity index is 283. The molecule has 0 rings (SSSR count). The third-order valence-corrected chi connectivity index (χ3v) is 2.03. The van der Waals surface area contributed by atoms with E-state index in [2.05, 4.69) is 10.2 Å². The zero-order valence-electron chi connectivity index (χ0n) is 10.9. The number of amides is 1. The molecule has 0 aliphatic carbocycles. The van der Waals surface area contributed by atoms with E-state index < -0.39 is 23.5 Å². The van der Waals surface area contributed by atoms with Crippen LogP contribution in [0.3, 0.4) is 0 Å². The molecule has 1 amide bonds. The molecule has 0 aromatic heterocycles. The number of carboxylic acids is 1. The number of ether oxygens (including phenoxy) is 1. The second kappa shape index (κ2) is 9.50. The maximum atomic E-state index is 11.3. The molecule has 4 N–H and O–H groups in total. The van der Waals surface area contributed by atoms with Crippen LogP contribution in [0.2, 0.25) is 0 Å². The van der Waals surface area contributed by atoms with Gasteiger partial charge in [0.05, 0.1) is 18.6 Å². The molecule has 112 valence electrons. The average molecular weight is 280 g/mol. The van der Waals surface area contributed by atoms with E-state index in [0.29, 0.717) is 6.42 Å². The summed E-state index contributed by atoms with van der Waals surface area (Å²) in [6.07, 6.45) is -0.303. The maximum Gasteiger partial charge on any atom is 0.407 e. The third kappa shape index (κ3) is 10.2. The smallest absolute Gasteiger partial charge is 0.407 e. The van der Waals surface area contributed by atoms with E-state index in [9.17, 15) is 9.59 Å². The van der Waals surface area contributed by atoms with Gasteiger partial charge in [-0.1, -0.05) is 13.8 Å². The molecule has 1 atom stereocenters. The molecule has 0 heterocycles. The quantitative estimate of drug-likeness (QED) is 0.357. The van der Waals surface area contributed by atoms with Crippen molar-refractivity contribution in [3.8, 4) is 0 Å². The van der Waals surface area contributed by atoms with Crippen molar-refractivity contribution in [1.29, 1.82) is 0 Å². The summed E-state index contributed by atoms with van der Waals surface area (Å²) in [5, 5.41) is 27.1. The number of alkyl carbamates (subject to hydrolysis) is 1. The molecular formula is C10H20N2O7. The van der Waals surface area contributed by atoms with Crippen molar-refractivity contribution >= 4 is 12.1 Å². The lowest BCUT2D eigenvalue weighted by Crippen LogP contribution is -2.42. The Morgan fingerprint density at radius 3 is 2.37 bits per heavy atom. The molecule has 0 saturated carbocycles. The van der Waals surface area contributed by atoms with Gasteiger partial charge in [0, 0.05) is 6.42 Å². The van der Waals surface area contributed by atoms with E-state index in [1.54, 1.807) is 0 Å². The number of hydrogen-bond acceptors (Lipinski definition) is 7. The van der Waals surface area contributed by atoms with Gasteiger partial charge in [0.2, 0.25) is 0 Å². The van der Waals surface area contributed by atoms with Crippen LogP contribution in [-0.2, 0) is 14.4 Å². The molecule has 19 heavy (non-hydrogen) atoms. The number of nitrogens with zero attached hydrogens (tertiary/aromatic N) is 1. The summed E-state index contributed by atoms with van der Waals surface area (Å²) >= 11 is 0. The van der Waals surface area contributed by atoms with Crippen molar-refractivity contribution in [3.63, 3.8) is 0 Å². The average Bonchev–Trinajstić information content (AvgIpc) is 2.26. The Kier molecular flexibility index (Phi) is 8.79. The summed E-state index contributed by atoms with van der Waals surface area (Å²) in [6.45, 7) is 3.59. The third-order valence-electron chi connectivity index (χ3n) is 2.03. The first kappa shape index (κ1) is 17.6. The van der Waals surface area contributed by atoms with Crippen molar-refractivity contribution < 1.29 is 34.7 Å². The second-order valence-corrected chi connectivity index (χ2v) is 4.24. The largest absolute Gasteiger partial charge is 0.480 e. The lowest BCUT2D eigenvalue weighted by atomic mass is 10.0. The molecule has 0 spiro atoms. The summed E-state index contributed by atoms with van der Waals surface area (Å²) < 4.78 is 4.71. The van der Waals surface area contributed by atoms with Crippen molar-refractivity contribution in [2.24, 2.45) is 5.92 Å². The molecule has 9 heteroatoms. The standard InChI is InChI=1S/C10H20N2O7/c1-7(2)6-8(9(13)14)11-10(15)18-4-3-5-19-12(16)17/h7-8,16-17H,3-6H2,1-2H3,(H,11,15)(H,13,14). The lowest BCUT2D eigenvalue weighted by molar-refractivity contribution is -0.492. The molecule has 9 nitrogen and oxygen atoms in total. The van der Waals surface area contributed by atoms with Gasteiger partial charge in [-0.2, -0.15) is 0 Å². The molecule has 0 radical (unpaired) electrons. The van der Waals surface area contributed by atoms with Crippen molar-refractivity contribution in [2.45, 2.75) is 32.7 Å². The highest BCUT2D eigenvalue weighted by Crippen LogP contribution is 2.05. The van der Waals surface area contributed by atoms with Gasteiger partial charge in [-0.05, 0) is 12.3 Å². The summed E-state index contributed by atoms with van der Waals surface area (Å²) in [5.74, 6) is -1.000. The number of rotatable bonds is 9. The SMILES string of the molecule is CC(C)CC(NC(=O)OCCCON(O)O)C(=O)O. The topological polar surface area (TPSA) is 129 Å². The number of carboxylic acid groups (broad SMARTS) is 1. The Balaban J connectivity index is 3.84. The fourth-order valence-electron chi connectivity index (χ4n) is 1.25. The fourth-order valence-corrected chi connectivity index (χ4v) is 1.25. The molecule has 0 aromatic rings. The minimum absolute atomic E-state index is 0.0340. The van der Waals surface area contributed by atoms with Gasteiger partial charge < -0.3 is 15.2 Å². The van der Waals surface area contributed by atoms with Crippen LogP contribution in [0.5, 0.6) is 0 Å². The van der Waals surface area contributed by atoms with E-state index in [-0.39, 0.29) is 25.6 Å². The highest BCUT2D eigenvalue weighted by Gasteiger charge is 2.21. The monoisotopic (exact) mass is 280 g/mol. The van der Waals surface area contributed by atoms with Crippen molar-refractivity contribution in [1.82, 2.24) is 10.7 Å². The molecule has 1 unspecified atom stereocenters. The van der Waals surface area contributed by atoms with Crippen LogP contribution in [-0.4, -0.2) is 52.2 Å². The zero-order chi connectivity index (χ0) is 14.8. The number of nitrogens with one attached hydrogen (secondary N) is 1. The van der Waals surface area contributed by atoms with Gasteiger partial charge in [0.25, 0.3) is 0 Å². The summed E-state index contributed by atoms with van der Waals surface area (Å²) in [7, 11) is 0. The first-order valence-corrected chi connectivity index (χ1v) is 5.79. The first-order chi connectivity index (χ1) is 8.82. The minimum atomic E-state index is -1.12. The molecule has 0 aliphatic heterocycles. The van der Waals surface area contributed by atoms with Crippen molar-refractivity contribution in [3.05, 3.63) is 0 Å². The van der Waals surface area contributed by atoms with Gasteiger partial charge in [0.15, 0.2) is 0 Å². The summed E-state index contributed by atoms with van der Waals surface area (Å²) in [5.41, 5.74) is 0. The van der Waals surface area contributed by atoms with Crippen LogP contribution in [0.25, 0.3) is 0 Å². The molecule has 0 saturated heterocycles. The Morgan fingerprint density at radius 2 is 1.89 bits per heavy atom. The van der Waals surface area contributed by atoms with E-state index in [1.807, 2.05) is 13.8 Å².